The number of halogens is 1. The molecule has 2 N–H and O–H groups in total. The van der Waals surface area contributed by atoms with Gasteiger partial charge in [0.2, 0.25) is 0 Å². The minimum atomic E-state index is -0.455. The first-order valence-corrected chi connectivity index (χ1v) is 6.58. The summed E-state index contributed by atoms with van der Waals surface area (Å²) in [6.45, 7) is 4.34. The summed E-state index contributed by atoms with van der Waals surface area (Å²) in [5.74, 6) is 0. The maximum atomic E-state index is 9.49. The molecular weight excluding hydrogens is 282 g/mol. The lowest BCUT2D eigenvalue weighted by atomic mass is 10.1. The predicted molar refractivity (Wildman–Crippen MR) is 74.3 cm³/mol. The molecule has 0 saturated carbocycles. The standard InChI is InChI=1S/C13H20BrNO2/c1-9(16)6-7-15(3)13-5-4-11(10(2)17)8-12(13)14/h4-5,8-10,16-17H,6-7H2,1-3H3/t9?,10-/m1/s1. The molecule has 0 bridgehead atoms. The Kier molecular flexibility index (Phi) is 5.43. The smallest absolute Gasteiger partial charge is 0.0762 e. The van der Waals surface area contributed by atoms with Gasteiger partial charge in [0.25, 0.3) is 0 Å². The number of nitrogens with zero attached hydrogens (tertiary/aromatic N) is 1. The zero-order chi connectivity index (χ0) is 13.0. The van der Waals surface area contributed by atoms with Gasteiger partial charge in [0.1, 0.15) is 0 Å². The van der Waals surface area contributed by atoms with E-state index in [1.54, 1.807) is 13.8 Å². The number of aliphatic hydroxyl groups is 2. The van der Waals surface area contributed by atoms with E-state index >= 15 is 0 Å². The number of hydrogen-bond acceptors (Lipinski definition) is 3. The summed E-state index contributed by atoms with van der Waals surface area (Å²) >= 11 is 3.51. The quantitative estimate of drug-likeness (QED) is 0.879. The summed E-state index contributed by atoms with van der Waals surface area (Å²) < 4.78 is 0.962. The third kappa shape index (κ3) is 4.30. The molecule has 0 aliphatic carbocycles. The molecule has 3 nitrogen and oxygen atoms in total. The summed E-state index contributed by atoms with van der Waals surface area (Å²) in [6.07, 6.45) is -0.00254. The zero-order valence-corrected chi connectivity index (χ0v) is 12.1. The van der Waals surface area contributed by atoms with E-state index in [4.69, 9.17) is 0 Å². The lowest BCUT2D eigenvalue weighted by Gasteiger charge is -2.22. The Hall–Kier alpha value is -0.580. The fraction of sp³-hybridized carbons (Fsp3) is 0.538. The molecule has 17 heavy (non-hydrogen) atoms. The summed E-state index contributed by atoms with van der Waals surface area (Å²) in [6, 6.07) is 5.83. The second-order valence-electron chi connectivity index (χ2n) is 4.45. The van der Waals surface area contributed by atoms with E-state index in [2.05, 4.69) is 20.8 Å². The van der Waals surface area contributed by atoms with Crippen LogP contribution in [-0.4, -0.2) is 29.9 Å². The topological polar surface area (TPSA) is 43.7 Å². The molecule has 0 spiro atoms. The third-order valence-electron chi connectivity index (χ3n) is 2.75. The van der Waals surface area contributed by atoms with Crippen molar-refractivity contribution < 1.29 is 10.2 Å². The maximum absolute atomic E-state index is 9.49. The van der Waals surface area contributed by atoms with Crippen molar-refractivity contribution in [3.8, 4) is 0 Å². The van der Waals surface area contributed by atoms with Crippen molar-refractivity contribution in [2.24, 2.45) is 0 Å². The van der Waals surface area contributed by atoms with Crippen molar-refractivity contribution >= 4 is 21.6 Å². The number of rotatable bonds is 5. The second kappa shape index (κ2) is 6.38. The molecule has 0 amide bonds. The Morgan fingerprint density at radius 1 is 1.29 bits per heavy atom. The molecule has 1 rings (SSSR count). The van der Waals surface area contributed by atoms with Crippen molar-refractivity contribution in [1.29, 1.82) is 0 Å². The SMILES string of the molecule is CC(O)CCN(C)c1ccc([C@@H](C)O)cc1Br. The lowest BCUT2D eigenvalue weighted by molar-refractivity contribution is 0.187. The largest absolute Gasteiger partial charge is 0.393 e. The van der Waals surface area contributed by atoms with Crippen LogP contribution in [-0.2, 0) is 0 Å². The molecule has 0 aromatic heterocycles. The molecule has 1 unspecified atom stereocenters. The first-order valence-electron chi connectivity index (χ1n) is 5.78. The van der Waals surface area contributed by atoms with Crippen LogP contribution >= 0.6 is 15.9 Å². The third-order valence-corrected chi connectivity index (χ3v) is 3.38. The van der Waals surface area contributed by atoms with Gasteiger partial charge in [-0.25, -0.2) is 0 Å². The monoisotopic (exact) mass is 301 g/mol. The molecule has 1 aromatic carbocycles. The van der Waals surface area contributed by atoms with Gasteiger partial charge in [0.15, 0.2) is 0 Å². The van der Waals surface area contributed by atoms with Gasteiger partial charge in [-0.05, 0) is 53.9 Å². The minimum Gasteiger partial charge on any atom is -0.393 e. The molecule has 0 saturated heterocycles. The van der Waals surface area contributed by atoms with Crippen molar-refractivity contribution in [3.63, 3.8) is 0 Å². The molecule has 0 aliphatic rings. The number of anilines is 1. The van der Waals surface area contributed by atoms with Crippen LogP contribution in [0, 0.1) is 0 Å². The fourth-order valence-electron chi connectivity index (χ4n) is 1.59. The minimum absolute atomic E-state index is 0.284. The van der Waals surface area contributed by atoms with Gasteiger partial charge < -0.3 is 15.1 Å². The van der Waals surface area contributed by atoms with Gasteiger partial charge in [0.05, 0.1) is 17.9 Å². The van der Waals surface area contributed by atoms with Crippen LogP contribution in [0.15, 0.2) is 22.7 Å². The van der Waals surface area contributed by atoms with E-state index in [9.17, 15) is 10.2 Å². The Morgan fingerprint density at radius 3 is 2.41 bits per heavy atom. The first-order chi connectivity index (χ1) is 7.91. The number of hydrogen-bond donors (Lipinski definition) is 2. The van der Waals surface area contributed by atoms with Crippen molar-refractivity contribution in [2.45, 2.75) is 32.5 Å². The van der Waals surface area contributed by atoms with Crippen molar-refractivity contribution in [3.05, 3.63) is 28.2 Å². The van der Waals surface area contributed by atoms with E-state index in [0.29, 0.717) is 0 Å². The van der Waals surface area contributed by atoms with Gasteiger partial charge in [-0.15, -0.1) is 0 Å². The van der Waals surface area contributed by atoms with E-state index in [0.717, 1.165) is 28.7 Å². The van der Waals surface area contributed by atoms with Crippen LogP contribution in [0.3, 0.4) is 0 Å². The number of aliphatic hydroxyl groups excluding tert-OH is 2. The van der Waals surface area contributed by atoms with Gasteiger partial charge in [-0.3, -0.25) is 0 Å². The second-order valence-corrected chi connectivity index (χ2v) is 5.30. The average molecular weight is 302 g/mol. The molecule has 2 atom stereocenters. The molecule has 96 valence electrons. The summed E-state index contributed by atoms with van der Waals surface area (Å²) in [5, 5.41) is 18.7. The van der Waals surface area contributed by atoms with E-state index in [1.807, 2.05) is 25.2 Å². The highest BCUT2D eigenvalue weighted by molar-refractivity contribution is 9.10. The molecule has 1 aromatic rings. The van der Waals surface area contributed by atoms with Gasteiger partial charge in [-0.2, -0.15) is 0 Å². The molecule has 0 fully saturated rings. The Balaban J connectivity index is 2.77. The Morgan fingerprint density at radius 2 is 1.94 bits per heavy atom. The van der Waals surface area contributed by atoms with Gasteiger partial charge in [-0.1, -0.05) is 6.07 Å². The number of benzene rings is 1. The highest BCUT2D eigenvalue weighted by atomic mass is 79.9. The van der Waals surface area contributed by atoms with Crippen LogP contribution < -0.4 is 4.90 Å². The molecule has 0 aliphatic heterocycles. The predicted octanol–water partition coefficient (Wildman–Crippen LogP) is 2.71. The van der Waals surface area contributed by atoms with Crippen molar-refractivity contribution in [2.75, 3.05) is 18.5 Å². The molecule has 0 radical (unpaired) electrons. The van der Waals surface area contributed by atoms with E-state index in [-0.39, 0.29) is 6.10 Å². The molecular formula is C13H20BrNO2. The zero-order valence-electron chi connectivity index (χ0n) is 10.5. The van der Waals surface area contributed by atoms with Crippen LogP contribution in [0.1, 0.15) is 31.9 Å². The Bertz CT molecular complexity index is 366. The van der Waals surface area contributed by atoms with Crippen LogP contribution in [0.25, 0.3) is 0 Å². The summed E-state index contributed by atoms with van der Waals surface area (Å²) in [5.41, 5.74) is 1.96. The summed E-state index contributed by atoms with van der Waals surface area (Å²) in [7, 11) is 1.99. The van der Waals surface area contributed by atoms with E-state index in [1.165, 1.54) is 0 Å². The lowest BCUT2D eigenvalue weighted by Crippen LogP contribution is -2.22. The average Bonchev–Trinajstić information content (AvgIpc) is 2.25. The normalized spacial score (nSPS) is 14.5. The van der Waals surface area contributed by atoms with E-state index < -0.39 is 6.10 Å². The van der Waals surface area contributed by atoms with Crippen LogP contribution in [0.5, 0.6) is 0 Å². The van der Waals surface area contributed by atoms with Gasteiger partial charge in [0, 0.05) is 18.1 Å². The summed E-state index contributed by atoms with van der Waals surface area (Å²) in [4.78, 5) is 2.09. The first kappa shape index (κ1) is 14.5. The molecule has 0 heterocycles. The highest BCUT2D eigenvalue weighted by Gasteiger charge is 2.09. The highest BCUT2D eigenvalue weighted by Crippen LogP contribution is 2.28. The maximum Gasteiger partial charge on any atom is 0.0762 e. The Labute approximate surface area is 111 Å². The van der Waals surface area contributed by atoms with Crippen LogP contribution in [0.4, 0.5) is 5.69 Å². The fourth-order valence-corrected chi connectivity index (χ4v) is 2.29. The van der Waals surface area contributed by atoms with Crippen LogP contribution in [0.2, 0.25) is 0 Å². The van der Waals surface area contributed by atoms with Gasteiger partial charge >= 0.3 is 0 Å². The molecule has 4 heteroatoms. The van der Waals surface area contributed by atoms with Crippen molar-refractivity contribution in [1.82, 2.24) is 0 Å².